The lowest BCUT2D eigenvalue weighted by Gasteiger charge is -2.47. The van der Waals surface area contributed by atoms with Crippen LogP contribution in [0.3, 0.4) is 0 Å². The van der Waals surface area contributed by atoms with E-state index in [0.29, 0.717) is 45.7 Å². The minimum absolute atomic E-state index is 0.0318. The first-order valence-electron chi connectivity index (χ1n) is 10.8. The molecule has 28 heavy (non-hydrogen) atoms. The summed E-state index contributed by atoms with van der Waals surface area (Å²) in [7, 11) is -3.60. The predicted molar refractivity (Wildman–Crippen MR) is 109 cm³/mol. The van der Waals surface area contributed by atoms with E-state index in [1.807, 2.05) is 20.8 Å². The number of carbonyl (C=O) groups is 1. The molecular weight excluding hydrogens is 379 g/mol. The van der Waals surface area contributed by atoms with Crippen LogP contribution in [0, 0.1) is 17.3 Å². The zero-order valence-corrected chi connectivity index (χ0v) is 19.4. The fourth-order valence-corrected chi connectivity index (χ4v) is 6.15. The van der Waals surface area contributed by atoms with Crippen LogP contribution in [0.5, 0.6) is 0 Å². The Morgan fingerprint density at radius 2 is 1.57 bits per heavy atom. The third-order valence-corrected chi connectivity index (χ3v) is 8.98. The van der Waals surface area contributed by atoms with Crippen LogP contribution in [-0.4, -0.2) is 43.7 Å². The monoisotopic (exact) mass is 418 g/mol. The molecule has 1 aliphatic heterocycles. The molecule has 6 nitrogen and oxygen atoms in total. The fraction of sp³-hybridized carbons (Fsp3) is 0.952. The highest BCUT2D eigenvalue weighted by Crippen LogP contribution is 2.61. The number of rotatable bonds is 10. The van der Waals surface area contributed by atoms with Crippen molar-refractivity contribution in [3.8, 4) is 0 Å². The summed E-state index contributed by atoms with van der Waals surface area (Å²) in [6.07, 6.45) is 3.21. The first-order valence-corrected chi connectivity index (χ1v) is 12.4. The third kappa shape index (κ3) is 5.26. The van der Waals surface area contributed by atoms with Gasteiger partial charge in [-0.3, -0.25) is 9.36 Å². The molecule has 0 aromatic heterocycles. The molecule has 2 unspecified atom stereocenters. The molecular formula is C21H39O6P. The second-order valence-corrected chi connectivity index (χ2v) is 11.3. The lowest BCUT2D eigenvalue weighted by Crippen LogP contribution is -2.51. The molecule has 1 saturated heterocycles. The van der Waals surface area contributed by atoms with E-state index >= 15 is 0 Å². The van der Waals surface area contributed by atoms with E-state index in [4.69, 9.17) is 18.5 Å². The molecule has 0 bridgehead atoms. The summed E-state index contributed by atoms with van der Waals surface area (Å²) >= 11 is 0. The number of ketones is 1. The molecule has 1 heterocycles. The molecule has 0 aromatic carbocycles. The minimum atomic E-state index is -3.60. The van der Waals surface area contributed by atoms with E-state index in [-0.39, 0.29) is 17.6 Å². The zero-order valence-electron chi connectivity index (χ0n) is 18.5. The maximum Gasteiger partial charge on any atom is 0.341 e. The Kier molecular flexibility index (Phi) is 8.32. The Hall–Kier alpha value is -0.260. The maximum absolute atomic E-state index is 13.9. The molecule has 0 aromatic rings. The van der Waals surface area contributed by atoms with E-state index in [0.717, 1.165) is 12.8 Å². The SMILES string of the molecule is CC[C@H](C)COP(=O)(OC[C@@H](C)CC)C1CC(C)(C2(C)OCCO2)CCC1=O. The van der Waals surface area contributed by atoms with Crippen molar-refractivity contribution in [1.29, 1.82) is 0 Å². The van der Waals surface area contributed by atoms with Gasteiger partial charge in [0.1, 0.15) is 11.4 Å². The van der Waals surface area contributed by atoms with Crippen LogP contribution in [-0.2, 0) is 27.9 Å². The van der Waals surface area contributed by atoms with Crippen LogP contribution in [0.1, 0.15) is 73.6 Å². The number of ether oxygens (including phenoxy) is 2. The summed E-state index contributed by atoms with van der Waals surface area (Å²) in [6.45, 7) is 14.0. The average molecular weight is 419 g/mol. The van der Waals surface area contributed by atoms with Gasteiger partial charge < -0.3 is 18.5 Å². The van der Waals surface area contributed by atoms with Gasteiger partial charge in [0.2, 0.25) is 0 Å². The molecule has 164 valence electrons. The summed E-state index contributed by atoms with van der Waals surface area (Å²) in [5, 5.41) is 0. The molecule has 2 rings (SSSR count). The largest absolute Gasteiger partial charge is 0.347 e. The van der Waals surface area contributed by atoms with Crippen LogP contribution >= 0.6 is 7.60 Å². The van der Waals surface area contributed by atoms with Crippen molar-refractivity contribution in [2.45, 2.75) is 85.1 Å². The van der Waals surface area contributed by atoms with Crippen molar-refractivity contribution in [3.63, 3.8) is 0 Å². The van der Waals surface area contributed by atoms with Crippen molar-refractivity contribution < 1.29 is 27.9 Å². The van der Waals surface area contributed by atoms with Gasteiger partial charge in [0.25, 0.3) is 0 Å². The van der Waals surface area contributed by atoms with Crippen LogP contribution in [0.25, 0.3) is 0 Å². The van der Waals surface area contributed by atoms with Gasteiger partial charge >= 0.3 is 7.60 Å². The number of hydrogen-bond acceptors (Lipinski definition) is 6. The molecule has 0 N–H and O–H groups in total. The molecule has 0 amide bonds. The molecule has 4 atom stereocenters. The fourth-order valence-electron chi connectivity index (χ4n) is 3.69. The van der Waals surface area contributed by atoms with Gasteiger partial charge in [0.05, 0.1) is 26.4 Å². The first kappa shape index (κ1) is 24.0. The second kappa shape index (κ2) is 9.70. The zero-order chi connectivity index (χ0) is 21.0. The minimum Gasteiger partial charge on any atom is -0.347 e. The van der Waals surface area contributed by atoms with Crippen molar-refractivity contribution in [2.75, 3.05) is 26.4 Å². The van der Waals surface area contributed by atoms with Gasteiger partial charge in [-0.15, -0.1) is 0 Å². The van der Waals surface area contributed by atoms with Crippen LogP contribution in [0.4, 0.5) is 0 Å². The van der Waals surface area contributed by atoms with Gasteiger partial charge in [-0.1, -0.05) is 47.5 Å². The lowest BCUT2D eigenvalue weighted by molar-refractivity contribution is -0.227. The third-order valence-electron chi connectivity index (χ3n) is 6.73. The number of hydrogen-bond donors (Lipinski definition) is 0. The summed E-state index contributed by atoms with van der Waals surface area (Å²) in [5.74, 6) is -0.297. The Morgan fingerprint density at radius 1 is 1.07 bits per heavy atom. The van der Waals surface area contributed by atoms with Crippen molar-refractivity contribution in [3.05, 3.63) is 0 Å². The van der Waals surface area contributed by atoms with Crippen molar-refractivity contribution in [2.24, 2.45) is 17.3 Å². The Balaban J connectivity index is 2.25. The van der Waals surface area contributed by atoms with Gasteiger partial charge in [-0.05, 0) is 31.6 Å². The van der Waals surface area contributed by atoms with E-state index < -0.39 is 24.5 Å². The summed E-state index contributed by atoms with van der Waals surface area (Å²) in [6, 6.07) is 0. The summed E-state index contributed by atoms with van der Waals surface area (Å²) in [4.78, 5) is 12.9. The Labute approximate surface area is 170 Å². The number of carbonyl (C=O) groups excluding carboxylic acids is 1. The first-order chi connectivity index (χ1) is 13.1. The van der Waals surface area contributed by atoms with Crippen LogP contribution in [0.2, 0.25) is 0 Å². The average Bonchev–Trinajstić information content (AvgIpc) is 3.14. The molecule has 1 aliphatic carbocycles. The molecule has 0 radical (unpaired) electrons. The number of Topliss-reactive ketones (excluding diaryl/α,β-unsaturated/α-hetero) is 1. The summed E-state index contributed by atoms with van der Waals surface area (Å²) < 4.78 is 37.5. The Morgan fingerprint density at radius 3 is 2.04 bits per heavy atom. The van der Waals surface area contributed by atoms with Gasteiger partial charge in [0, 0.05) is 11.8 Å². The smallest absolute Gasteiger partial charge is 0.341 e. The van der Waals surface area contributed by atoms with E-state index in [9.17, 15) is 9.36 Å². The topological polar surface area (TPSA) is 71.1 Å². The van der Waals surface area contributed by atoms with Gasteiger partial charge in [-0.2, -0.15) is 0 Å². The predicted octanol–water partition coefficient (Wildman–Crippen LogP) is 5.20. The highest BCUT2D eigenvalue weighted by Gasteiger charge is 2.57. The molecule has 1 saturated carbocycles. The molecule has 7 heteroatoms. The van der Waals surface area contributed by atoms with E-state index in [1.165, 1.54) is 0 Å². The van der Waals surface area contributed by atoms with Crippen LogP contribution in [0.15, 0.2) is 0 Å². The maximum atomic E-state index is 13.9. The quantitative estimate of drug-likeness (QED) is 0.454. The van der Waals surface area contributed by atoms with Crippen molar-refractivity contribution >= 4 is 13.4 Å². The van der Waals surface area contributed by atoms with E-state index in [2.05, 4.69) is 20.8 Å². The van der Waals surface area contributed by atoms with E-state index in [1.54, 1.807) is 0 Å². The molecule has 2 aliphatic rings. The second-order valence-electron chi connectivity index (χ2n) is 9.05. The molecule has 2 fully saturated rings. The Bertz CT molecular complexity index is 555. The highest BCUT2D eigenvalue weighted by atomic mass is 31.2. The highest BCUT2D eigenvalue weighted by molar-refractivity contribution is 7.55. The molecule has 0 spiro atoms. The normalized spacial score (nSPS) is 30.4. The lowest BCUT2D eigenvalue weighted by atomic mass is 9.69. The van der Waals surface area contributed by atoms with Crippen LogP contribution < -0.4 is 0 Å². The van der Waals surface area contributed by atoms with Gasteiger partial charge in [-0.25, -0.2) is 0 Å². The standard InChI is InChI=1S/C21H39O6P/c1-7-16(3)14-26-28(23,27-15-17(4)8-2)19-13-20(5,10-9-18(19)22)21(6)24-11-12-25-21/h16-17,19H,7-15H2,1-6H3/t16-,17-,19?,20?/m0/s1. The van der Waals surface area contributed by atoms with Gasteiger partial charge in [0.15, 0.2) is 5.79 Å². The van der Waals surface area contributed by atoms with Crippen molar-refractivity contribution in [1.82, 2.24) is 0 Å². The summed E-state index contributed by atoms with van der Waals surface area (Å²) in [5.41, 5.74) is -1.18.